The van der Waals surface area contributed by atoms with Gasteiger partial charge in [0.2, 0.25) is 5.75 Å². The van der Waals surface area contributed by atoms with Gasteiger partial charge in [-0.2, -0.15) is 0 Å². The molecule has 1 saturated heterocycles. The highest BCUT2D eigenvalue weighted by molar-refractivity contribution is 5.57. The van der Waals surface area contributed by atoms with E-state index in [2.05, 4.69) is 0 Å². The highest BCUT2D eigenvalue weighted by atomic mass is 16.5. The summed E-state index contributed by atoms with van der Waals surface area (Å²) in [5, 5.41) is 0. The van der Waals surface area contributed by atoms with Crippen molar-refractivity contribution in [2.75, 3.05) is 35.0 Å². The van der Waals surface area contributed by atoms with Gasteiger partial charge in [-0.1, -0.05) is 36.4 Å². The molecule has 2 atom stereocenters. The van der Waals surface area contributed by atoms with E-state index in [9.17, 15) is 4.79 Å². The second-order valence-electron chi connectivity index (χ2n) is 8.68. The first-order valence-corrected chi connectivity index (χ1v) is 12.0. The van der Waals surface area contributed by atoms with Crippen LogP contribution in [0.25, 0.3) is 0 Å². The Morgan fingerprint density at radius 1 is 0.811 bits per heavy atom. The van der Waals surface area contributed by atoms with Crippen LogP contribution in [0.1, 0.15) is 16.7 Å². The number of carbonyl (C=O) groups is 1. The van der Waals surface area contributed by atoms with Crippen molar-refractivity contribution < 1.29 is 33.2 Å². The molecule has 196 valence electrons. The number of aldehydes is 1. The first-order chi connectivity index (χ1) is 18.1. The highest BCUT2D eigenvalue weighted by Crippen LogP contribution is 2.40. The summed E-state index contributed by atoms with van der Waals surface area (Å²) in [5.74, 6) is 2.98. The molecule has 0 saturated carbocycles. The number of ether oxygens (including phenoxy) is 6. The molecule has 0 aliphatic carbocycles. The lowest BCUT2D eigenvalue weighted by atomic mass is 10.0. The van der Waals surface area contributed by atoms with Crippen LogP contribution in [0.3, 0.4) is 0 Å². The first kappa shape index (κ1) is 26.3. The third-order valence-corrected chi connectivity index (χ3v) is 6.40. The normalized spacial score (nSPS) is 17.3. The minimum Gasteiger partial charge on any atom is -0.493 e. The molecule has 4 rings (SSSR count). The van der Waals surface area contributed by atoms with Crippen LogP contribution < -0.4 is 23.7 Å². The fourth-order valence-corrected chi connectivity index (χ4v) is 4.53. The number of benzene rings is 3. The summed E-state index contributed by atoms with van der Waals surface area (Å²) >= 11 is 0. The van der Waals surface area contributed by atoms with Crippen molar-refractivity contribution in [2.24, 2.45) is 0 Å². The molecular weight excluding hydrogens is 474 g/mol. The molecule has 1 fully saturated rings. The molecule has 8 heteroatoms. The molecule has 3 aromatic carbocycles. The van der Waals surface area contributed by atoms with Crippen LogP contribution in [-0.2, 0) is 29.1 Å². The highest BCUT2D eigenvalue weighted by Gasteiger charge is 2.34. The van der Waals surface area contributed by atoms with E-state index < -0.39 is 6.23 Å². The van der Waals surface area contributed by atoms with Crippen LogP contribution in [0.5, 0.6) is 28.7 Å². The van der Waals surface area contributed by atoms with Crippen LogP contribution in [-0.4, -0.2) is 58.5 Å². The molecule has 0 N–H and O–H groups in total. The molecule has 3 aromatic rings. The summed E-state index contributed by atoms with van der Waals surface area (Å²) in [5.41, 5.74) is 3.01. The number of rotatable bonds is 12. The molecular formula is C29H33NO7. The van der Waals surface area contributed by atoms with Crippen LogP contribution in [0.2, 0.25) is 0 Å². The van der Waals surface area contributed by atoms with E-state index in [4.69, 9.17) is 28.4 Å². The van der Waals surface area contributed by atoms with Crippen molar-refractivity contribution in [1.29, 1.82) is 0 Å². The zero-order chi connectivity index (χ0) is 26.2. The maximum atomic E-state index is 11.9. The second kappa shape index (κ2) is 12.5. The number of hydrogen-bond acceptors (Lipinski definition) is 8. The summed E-state index contributed by atoms with van der Waals surface area (Å²) < 4.78 is 34.0. The Morgan fingerprint density at radius 2 is 1.51 bits per heavy atom. The third kappa shape index (κ3) is 6.15. The van der Waals surface area contributed by atoms with Gasteiger partial charge in [-0.15, -0.1) is 0 Å². The Balaban J connectivity index is 1.57. The largest absolute Gasteiger partial charge is 0.493 e. The molecule has 0 radical (unpaired) electrons. The Morgan fingerprint density at radius 3 is 2.19 bits per heavy atom. The van der Waals surface area contributed by atoms with Crippen molar-refractivity contribution in [3.8, 4) is 28.7 Å². The summed E-state index contributed by atoms with van der Waals surface area (Å²) in [6, 6.07) is 19.6. The van der Waals surface area contributed by atoms with Gasteiger partial charge >= 0.3 is 0 Å². The lowest BCUT2D eigenvalue weighted by Crippen LogP contribution is -2.38. The molecule has 1 aliphatic rings. The number of nitrogens with zero attached hydrogens (tertiary/aromatic N) is 1. The maximum Gasteiger partial charge on any atom is 0.203 e. The van der Waals surface area contributed by atoms with Crippen LogP contribution in [0.4, 0.5) is 0 Å². The fourth-order valence-electron chi connectivity index (χ4n) is 4.53. The summed E-state index contributed by atoms with van der Waals surface area (Å²) in [6.45, 7) is 1.28. The average Bonchev–Trinajstić information content (AvgIpc) is 3.32. The van der Waals surface area contributed by atoms with Crippen LogP contribution in [0.15, 0.2) is 60.7 Å². The van der Waals surface area contributed by atoms with Gasteiger partial charge in [0.1, 0.15) is 6.61 Å². The molecule has 0 amide bonds. The predicted molar refractivity (Wildman–Crippen MR) is 139 cm³/mol. The van der Waals surface area contributed by atoms with Gasteiger partial charge in [0.05, 0.1) is 35.0 Å². The average molecular weight is 508 g/mol. The molecule has 1 aliphatic heterocycles. The van der Waals surface area contributed by atoms with Gasteiger partial charge in [0, 0.05) is 12.6 Å². The molecule has 1 heterocycles. The van der Waals surface area contributed by atoms with E-state index in [1.165, 1.54) is 0 Å². The van der Waals surface area contributed by atoms with Gasteiger partial charge in [0.15, 0.2) is 35.5 Å². The maximum absolute atomic E-state index is 11.9. The molecule has 8 nitrogen and oxygen atoms in total. The molecule has 1 unspecified atom stereocenters. The second-order valence-corrected chi connectivity index (χ2v) is 8.68. The minimum atomic E-state index is -0.646. The van der Waals surface area contributed by atoms with E-state index in [0.717, 1.165) is 23.0 Å². The first-order valence-electron chi connectivity index (χ1n) is 12.0. The number of carbonyl (C=O) groups excluding carboxylic acids is 1. The van der Waals surface area contributed by atoms with Gasteiger partial charge in [-0.3, -0.25) is 9.69 Å². The van der Waals surface area contributed by atoms with Crippen molar-refractivity contribution in [3.05, 3.63) is 77.4 Å². The van der Waals surface area contributed by atoms with Gasteiger partial charge in [-0.05, 0) is 47.4 Å². The smallest absolute Gasteiger partial charge is 0.203 e. The number of hydrogen-bond donors (Lipinski definition) is 0. The summed E-state index contributed by atoms with van der Waals surface area (Å²) in [6.07, 6.45) is 0.865. The topological polar surface area (TPSA) is 75.7 Å². The lowest BCUT2D eigenvalue weighted by molar-refractivity contribution is -0.122. The van der Waals surface area contributed by atoms with E-state index in [1.54, 1.807) is 28.4 Å². The quantitative estimate of drug-likeness (QED) is 0.337. The van der Waals surface area contributed by atoms with Crippen LogP contribution >= 0.6 is 0 Å². The predicted octanol–water partition coefficient (Wildman–Crippen LogP) is 4.27. The van der Waals surface area contributed by atoms with Crippen molar-refractivity contribution in [1.82, 2.24) is 4.90 Å². The molecule has 0 bridgehead atoms. The van der Waals surface area contributed by atoms with E-state index in [0.29, 0.717) is 54.9 Å². The zero-order valence-corrected chi connectivity index (χ0v) is 21.6. The van der Waals surface area contributed by atoms with E-state index in [-0.39, 0.29) is 6.04 Å². The van der Waals surface area contributed by atoms with Gasteiger partial charge < -0.3 is 28.4 Å². The molecule has 0 aromatic heterocycles. The van der Waals surface area contributed by atoms with Crippen molar-refractivity contribution >= 4 is 6.29 Å². The Labute approximate surface area is 217 Å². The van der Waals surface area contributed by atoms with Crippen LogP contribution in [0, 0.1) is 0 Å². The van der Waals surface area contributed by atoms with Crippen molar-refractivity contribution in [2.45, 2.75) is 31.8 Å². The van der Waals surface area contributed by atoms with E-state index in [1.807, 2.05) is 65.6 Å². The standard InChI is InChI=1S/C29H33NO7/c1-32-24-11-10-21(13-25(24)33-2)12-23-19-37-28(17-31)30(23)16-22-14-26(34-3)29(35-4)27(15-22)36-18-20-8-6-5-7-9-20/h5-11,13-15,17,23,28H,12,16,18-19H2,1-4H3/t23-,28?/m0/s1. The van der Waals surface area contributed by atoms with Crippen molar-refractivity contribution in [3.63, 3.8) is 0 Å². The zero-order valence-electron chi connectivity index (χ0n) is 21.6. The molecule has 37 heavy (non-hydrogen) atoms. The fraction of sp³-hybridized carbons (Fsp3) is 0.345. The summed E-state index contributed by atoms with van der Waals surface area (Å²) in [4.78, 5) is 13.9. The Bertz CT molecular complexity index is 1180. The summed E-state index contributed by atoms with van der Waals surface area (Å²) in [7, 11) is 6.40. The lowest BCUT2D eigenvalue weighted by Gasteiger charge is -2.26. The minimum absolute atomic E-state index is 0.0184. The Hall–Kier alpha value is -3.75. The van der Waals surface area contributed by atoms with E-state index >= 15 is 0 Å². The van der Waals surface area contributed by atoms with Gasteiger partial charge in [-0.25, -0.2) is 0 Å². The monoisotopic (exact) mass is 507 g/mol. The molecule has 0 spiro atoms. The Kier molecular flexibility index (Phi) is 8.87. The van der Waals surface area contributed by atoms with Gasteiger partial charge in [0.25, 0.3) is 0 Å². The SMILES string of the molecule is COc1ccc(C[C@H]2COC(C=O)N2Cc2cc(OC)c(OC)c(OCc3ccccc3)c2)cc1OC. The number of methoxy groups -OCH3 is 4. The third-order valence-electron chi connectivity index (χ3n) is 6.40.